The first-order chi connectivity index (χ1) is 10.1. The van der Waals surface area contributed by atoms with Crippen LogP contribution in [0.2, 0.25) is 0 Å². The fraction of sp³-hybridized carbons (Fsp3) is 0.438. The quantitative estimate of drug-likeness (QED) is 0.851. The van der Waals surface area contributed by atoms with Gasteiger partial charge < -0.3 is 14.8 Å². The van der Waals surface area contributed by atoms with Gasteiger partial charge in [-0.3, -0.25) is 0 Å². The zero-order valence-corrected chi connectivity index (χ0v) is 13.8. The molecule has 0 radical (unpaired) electrons. The number of hydrogen-bond donors (Lipinski definition) is 1. The average molecular weight is 306 g/mol. The number of ether oxygens (including phenoxy) is 2. The van der Waals surface area contributed by atoms with Crippen LogP contribution in [0.3, 0.4) is 0 Å². The van der Waals surface area contributed by atoms with Crippen molar-refractivity contribution >= 4 is 11.3 Å². The molecule has 0 aliphatic heterocycles. The predicted octanol–water partition coefficient (Wildman–Crippen LogP) is 3.46. The summed E-state index contributed by atoms with van der Waals surface area (Å²) >= 11 is 1.68. The van der Waals surface area contributed by atoms with Crippen LogP contribution >= 0.6 is 11.3 Å². The topological polar surface area (TPSA) is 43.4 Å². The third-order valence-corrected chi connectivity index (χ3v) is 4.18. The minimum Gasteiger partial charge on any atom is -0.496 e. The summed E-state index contributed by atoms with van der Waals surface area (Å²) < 4.78 is 10.6. The monoisotopic (exact) mass is 306 g/mol. The van der Waals surface area contributed by atoms with Crippen LogP contribution in [0.25, 0.3) is 0 Å². The van der Waals surface area contributed by atoms with Gasteiger partial charge in [0.2, 0.25) is 0 Å². The summed E-state index contributed by atoms with van der Waals surface area (Å²) in [4.78, 5) is 4.47. The first-order valence-corrected chi connectivity index (χ1v) is 7.82. The molecule has 1 atom stereocenters. The van der Waals surface area contributed by atoms with Gasteiger partial charge in [-0.1, -0.05) is 6.07 Å². The van der Waals surface area contributed by atoms with Crippen LogP contribution in [0.4, 0.5) is 0 Å². The van der Waals surface area contributed by atoms with Crippen molar-refractivity contribution in [3.63, 3.8) is 0 Å². The molecule has 4 nitrogen and oxygen atoms in total. The number of methoxy groups -OCH3 is 2. The lowest BCUT2D eigenvalue weighted by atomic mass is 10.0. The van der Waals surface area contributed by atoms with Crippen molar-refractivity contribution in [1.82, 2.24) is 10.3 Å². The van der Waals surface area contributed by atoms with Gasteiger partial charge in [0.15, 0.2) is 0 Å². The second-order valence-electron chi connectivity index (χ2n) is 4.96. The van der Waals surface area contributed by atoms with Gasteiger partial charge in [0.05, 0.1) is 24.4 Å². The minimum atomic E-state index is 0.244. The van der Waals surface area contributed by atoms with Crippen molar-refractivity contribution in [1.29, 1.82) is 0 Å². The highest BCUT2D eigenvalue weighted by molar-refractivity contribution is 7.09. The van der Waals surface area contributed by atoms with Gasteiger partial charge in [-0.05, 0) is 31.5 Å². The predicted molar refractivity (Wildman–Crippen MR) is 85.8 cm³/mol. The maximum atomic E-state index is 5.36. The molecule has 0 saturated heterocycles. The van der Waals surface area contributed by atoms with Gasteiger partial charge >= 0.3 is 0 Å². The van der Waals surface area contributed by atoms with E-state index in [-0.39, 0.29) is 6.04 Å². The molecular weight excluding hydrogens is 284 g/mol. The van der Waals surface area contributed by atoms with Gasteiger partial charge in [0.25, 0.3) is 0 Å². The van der Waals surface area contributed by atoms with E-state index < -0.39 is 0 Å². The van der Waals surface area contributed by atoms with Crippen molar-refractivity contribution in [3.05, 3.63) is 45.4 Å². The fourth-order valence-corrected chi connectivity index (χ4v) is 2.81. The molecule has 2 rings (SSSR count). The Balaban J connectivity index is 2.04. The molecule has 1 unspecified atom stereocenters. The molecule has 1 aromatic heterocycles. The Kier molecular flexibility index (Phi) is 5.73. The van der Waals surface area contributed by atoms with E-state index in [1.807, 2.05) is 13.0 Å². The number of nitrogens with one attached hydrogen (secondary N) is 1. The SMILES string of the molecule is COCc1cc(C(C)NCc2csc(C)n2)ccc1OC. The molecule has 1 N–H and O–H groups in total. The molecule has 2 aromatic rings. The van der Waals surface area contributed by atoms with Crippen molar-refractivity contribution in [3.8, 4) is 5.75 Å². The molecule has 1 aromatic carbocycles. The molecule has 21 heavy (non-hydrogen) atoms. The molecule has 0 aliphatic carbocycles. The number of aryl methyl sites for hydroxylation is 1. The van der Waals surface area contributed by atoms with E-state index in [1.165, 1.54) is 5.56 Å². The number of nitrogens with zero attached hydrogens (tertiary/aromatic N) is 1. The largest absolute Gasteiger partial charge is 0.496 e. The number of aromatic nitrogens is 1. The molecule has 5 heteroatoms. The minimum absolute atomic E-state index is 0.244. The Morgan fingerprint density at radius 1 is 1.33 bits per heavy atom. The lowest BCUT2D eigenvalue weighted by Gasteiger charge is -2.16. The van der Waals surface area contributed by atoms with E-state index in [9.17, 15) is 0 Å². The fourth-order valence-electron chi connectivity index (χ4n) is 2.20. The average Bonchev–Trinajstić information content (AvgIpc) is 2.90. The standard InChI is InChI=1S/C16H22N2O2S/c1-11(17-8-15-10-21-12(2)18-15)13-5-6-16(20-4)14(7-13)9-19-3/h5-7,10-11,17H,8-9H2,1-4H3. The van der Waals surface area contributed by atoms with Crippen LogP contribution in [-0.4, -0.2) is 19.2 Å². The van der Waals surface area contributed by atoms with E-state index in [0.717, 1.165) is 28.6 Å². The van der Waals surface area contributed by atoms with E-state index >= 15 is 0 Å². The third kappa shape index (κ3) is 4.27. The molecule has 0 spiro atoms. The smallest absolute Gasteiger partial charge is 0.124 e. The Labute approximate surface area is 130 Å². The number of thiazole rings is 1. The summed E-state index contributed by atoms with van der Waals surface area (Å²) in [5.41, 5.74) is 3.38. The summed E-state index contributed by atoms with van der Waals surface area (Å²) in [6, 6.07) is 6.46. The van der Waals surface area contributed by atoms with Crippen LogP contribution in [-0.2, 0) is 17.9 Å². The zero-order valence-electron chi connectivity index (χ0n) is 13.0. The normalized spacial score (nSPS) is 12.4. The summed E-state index contributed by atoms with van der Waals surface area (Å²) in [5.74, 6) is 0.864. The van der Waals surface area contributed by atoms with Crippen LogP contribution in [0, 0.1) is 6.92 Å². The van der Waals surface area contributed by atoms with Gasteiger partial charge in [-0.25, -0.2) is 4.98 Å². The maximum absolute atomic E-state index is 5.36. The molecular formula is C16H22N2O2S. The molecule has 0 fully saturated rings. The van der Waals surface area contributed by atoms with E-state index in [0.29, 0.717) is 6.61 Å². The highest BCUT2D eigenvalue weighted by atomic mass is 32.1. The molecule has 0 saturated carbocycles. The summed E-state index contributed by atoms with van der Waals surface area (Å²) in [6.07, 6.45) is 0. The summed E-state index contributed by atoms with van der Waals surface area (Å²) in [6.45, 7) is 5.50. The lowest BCUT2D eigenvalue weighted by Crippen LogP contribution is -2.18. The zero-order chi connectivity index (χ0) is 15.2. The lowest BCUT2D eigenvalue weighted by molar-refractivity contribution is 0.181. The van der Waals surface area contributed by atoms with E-state index in [2.05, 4.69) is 34.7 Å². The number of rotatable bonds is 7. The van der Waals surface area contributed by atoms with E-state index in [1.54, 1.807) is 25.6 Å². The number of hydrogen-bond acceptors (Lipinski definition) is 5. The Hall–Kier alpha value is -1.43. The Morgan fingerprint density at radius 2 is 2.14 bits per heavy atom. The molecule has 0 amide bonds. The second kappa shape index (κ2) is 7.54. The molecule has 114 valence electrons. The van der Waals surface area contributed by atoms with Crippen LogP contribution in [0.15, 0.2) is 23.6 Å². The molecule has 1 heterocycles. The highest BCUT2D eigenvalue weighted by Crippen LogP contribution is 2.24. The van der Waals surface area contributed by atoms with Crippen LogP contribution < -0.4 is 10.1 Å². The third-order valence-electron chi connectivity index (χ3n) is 3.36. The van der Waals surface area contributed by atoms with Crippen molar-refractivity contribution in [2.75, 3.05) is 14.2 Å². The Morgan fingerprint density at radius 3 is 2.76 bits per heavy atom. The molecule has 0 bridgehead atoms. The first kappa shape index (κ1) is 15.9. The second-order valence-corrected chi connectivity index (χ2v) is 6.03. The van der Waals surface area contributed by atoms with Crippen LogP contribution in [0.1, 0.15) is 34.8 Å². The molecule has 0 aliphatic rings. The van der Waals surface area contributed by atoms with E-state index in [4.69, 9.17) is 9.47 Å². The van der Waals surface area contributed by atoms with Gasteiger partial charge in [-0.2, -0.15) is 0 Å². The van der Waals surface area contributed by atoms with Crippen molar-refractivity contribution in [2.45, 2.75) is 33.0 Å². The van der Waals surface area contributed by atoms with Crippen molar-refractivity contribution < 1.29 is 9.47 Å². The highest BCUT2D eigenvalue weighted by Gasteiger charge is 2.10. The van der Waals surface area contributed by atoms with Crippen LogP contribution in [0.5, 0.6) is 5.75 Å². The van der Waals surface area contributed by atoms with Gasteiger partial charge in [-0.15, -0.1) is 11.3 Å². The number of benzene rings is 1. The Bertz CT molecular complexity index is 583. The summed E-state index contributed by atoms with van der Waals surface area (Å²) in [7, 11) is 3.37. The summed E-state index contributed by atoms with van der Waals surface area (Å²) in [5, 5.41) is 6.70. The maximum Gasteiger partial charge on any atom is 0.124 e. The van der Waals surface area contributed by atoms with Gasteiger partial charge in [0.1, 0.15) is 5.75 Å². The van der Waals surface area contributed by atoms with Gasteiger partial charge in [0, 0.05) is 30.6 Å². The van der Waals surface area contributed by atoms with Crippen molar-refractivity contribution in [2.24, 2.45) is 0 Å². The first-order valence-electron chi connectivity index (χ1n) is 6.94.